The zero-order chi connectivity index (χ0) is 25.8. The molecule has 0 atom stereocenters. The Bertz CT molecular complexity index is 1370. The first-order chi connectivity index (χ1) is 17.2. The third kappa shape index (κ3) is 6.21. The lowest BCUT2D eigenvalue weighted by Crippen LogP contribution is -2.23. The highest BCUT2D eigenvalue weighted by Gasteiger charge is 2.30. The predicted octanol–water partition coefficient (Wildman–Crippen LogP) is 6.42. The van der Waals surface area contributed by atoms with Crippen molar-refractivity contribution in [2.24, 2.45) is 4.99 Å². The van der Waals surface area contributed by atoms with Crippen LogP contribution in [0.25, 0.3) is 6.08 Å². The Kier molecular flexibility index (Phi) is 8.57. The number of aliphatic imine (C=N–C) groups is 1. The maximum Gasteiger partial charge on any atom is 0.335 e. The molecular weight excluding hydrogens is 706 g/mol. The van der Waals surface area contributed by atoms with Crippen molar-refractivity contribution in [3.63, 3.8) is 0 Å². The van der Waals surface area contributed by atoms with Crippen LogP contribution in [0.2, 0.25) is 0 Å². The molecule has 7 nitrogen and oxygen atoms in total. The highest BCUT2D eigenvalue weighted by molar-refractivity contribution is 14.1. The van der Waals surface area contributed by atoms with E-state index < -0.39 is 5.97 Å². The summed E-state index contributed by atoms with van der Waals surface area (Å²) < 4.78 is 13.7. The number of carboxylic acids is 1. The number of hydrogen-bond donors (Lipinski definition) is 1. The molecule has 3 aromatic carbocycles. The minimum atomic E-state index is -1.00. The number of benzene rings is 3. The number of nitrogens with zero attached hydrogens (tertiary/aromatic N) is 2. The van der Waals surface area contributed by atoms with Gasteiger partial charge in [-0.2, -0.15) is 0 Å². The van der Waals surface area contributed by atoms with E-state index in [0.29, 0.717) is 33.9 Å². The van der Waals surface area contributed by atoms with E-state index in [2.05, 4.69) is 50.2 Å². The van der Waals surface area contributed by atoms with Crippen LogP contribution in [-0.2, 0) is 11.4 Å². The van der Waals surface area contributed by atoms with Crippen molar-refractivity contribution in [3.05, 3.63) is 89.4 Å². The van der Waals surface area contributed by atoms with Gasteiger partial charge in [-0.05, 0) is 123 Å². The molecule has 0 bridgehead atoms. The molecule has 1 amide bonds. The lowest BCUT2D eigenvalue weighted by molar-refractivity contribution is -0.121. The van der Waals surface area contributed by atoms with Gasteiger partial charge in [0.1, 0.15) is 6.61 Å². The van der Waals surface area contributed by atoms with Crippen molar-refractivity contribution in [2.75, 3.05) is 14.2 Å². The van der Waals surface area contributed by atoms with Crippen LogP contribution in [0.5, 0.6) is 11.5 Å². The second-order valence-electron chi connectivity index (χ2n) is 7.67. The number of amides is 1. The smallest absolute Gasteiger partial charge is 0.335 e. The van der Waals surface area contributed by atoms with Crippen molar-refractivity contribution < 1.29 is 24.2 Å². The van der Waals surface area contributed by atoms with Gasteiger partial charge in [0.15, 0.2) is 16.7 Å². The molecule has 4 rings (SSSR count). The minimum Gasteiger partial charge on any atom is -0.493 e. The summed E-state index contributed by atoms with van der Waals surface area (Å²) in [6.45, 7) is 0.413. The van der Waals surface area contributed by atoms with Gasteiger partial charge in [0.25, 0.3) is 5.91 Å². The highest BCUT2D eigenvalue weighted by atomic mass is 127. The normalized spacial score (nSPS) is 15.6. The van der Waals surface area contributed by atoms with Gasteiger partial charge in [0, 0.05) is 10.6 Å². The number of halogens is 2. The second kappa shape index (κ2) is 11.6. The molecule has 0 aromatic heterocycles. The van der Waals surface area contributed by atoms with Crippen molar-refractivity contribution >= 4 is 85.8 Å². The predicted molar refractivity (Wildman–Crippen MR) is 158 cm³/mol. The molecule has 0 aliphatic carbocycles. The van der Waals surface area contributed by atoms with Crippen LogP contribution < -0.4 is 9.47 Å². The van der Waals surface area contributed by atoms with E-state index in [9.17, 15) is 9.59 Å². The summed E-state index contributed by atoms with van der Waals surface area (Å²) in [6, 6.07) is 18.1. The maximum atomic E-state index is 12.9. The Hall–Kier alpha value is -2.58. The molecule has 1 heterocycles. The number of thioether (sulfide) groups is 1. The van der Waals surface area contributed by atoms with E-state index in [-0.39, 0.29) is 11.5 Å². The topological polar surface area (TPSA) is 88.4 Å². The molecule has 1 fully saturated rings. The minimum absolute atomic E-state index is 0.172. The van der Waals surface area contributed by atoms with Gasteiger partial charge in [0.2, 0.25) is 0 Å². The van der Waals surface area contributed by atoms with Gasteiger partial charge in [-0.1, -0.05) is 12.1 Å². The standard InChI is InChI=1S/C26H20I2N2O5S/c1-30-24(31)22(36-26(30)29-19-9-5-17(6-10-19)25(32)33)13-16-11-20(28)23(21(12-16)34-2)35-14-15-3-7-18(27)8-4-15/h3-13H,14H2,1-2H3,(H,32,33)/b22-13-,29-26?. The third-order valence-electron chi connectivity index (χ3n) is 5.19. The molecular formula is C26H20I2N2O5S. The van der Waals surface area contributed by atoms with Crippen molar-refractivity contribution in [2.45, 2.75) is 6.61 Å². The number of aromatic carboxylic acids is 1. The zero-order valence-electron chi connectivity index (χ0n) is 19.2. The highest BCUT2D eigenvalue weighted by Crippen LogP contribution is 2.38. The molecule has 1 aliphatic rings. The number of carboxylic acid groups (broad SMARTS) is 1. The quantitative estimate of drug-likeness (QED) is 0.224. The third-order valence-corrected chi connectivity index (χ3v) is 7.77. The zero-order valence-corrected chi connectivity index (χ0v) is 24.3. The van der Waals surface area contributed by atoms with E-state index in [1.165, 1.54) is 28.8 Å². The van der Waals surface area contributed by atoms with Crippen LogP contribution in [0.1, 0.15) is 21.5 Å². The summed E-state index contributed by atoms with van der Waals surface area (Å²) in [5, 5.41) is 9.57. The van der Waals surface area contributed by atoms with Gasteiger partial charge in [-0.15, -0.1) is 0 Å². The molecule has 0 unspecified atom stereocenters. The van der Waals surface area contributed by atoms with Crippen LogP contribution in [0.3, 0.4) is 0 Å². The number of ether oxygens (including phenoxy) is 2. The summed E-state index contributed by atoms with van der Waals surface area (Å²) in [4.78, 5) is 30.4. The monoisotopic (exact) mass is 726 g/mol. The van der Waals surface area contributed by atoms with Crippen molar-refractivity contribution in [3.8, 4) is 11.5 Å². The fraction of sp³-hybridized carbons (Fsp3) is 0.115. The molecule has 0 saturated carbocycles. The maximum absolute atomic E-state index is 12.9. The first-order valence-electron chi connectivity index (χ1n) is 10.6. The van der Waals surface area contributed by atoms with Gasteiger partial charge < -0.3 is 14.6 Å². The molecule has 184 valence electrons. The Morgan fingerprint density at radius 2 is 1.81 bits per heavy atom. The number of carbonyl (C=O) groups is 2. The average Bonchev–Trinajstić information content (AvgIpc) is 3.12. The van der Waals surface area contributed by atoms with E-state index in [1.54, 1.807) is 32.4 Å². The fourth-order valence-corrected chi connectivity index (χ4v) is 5.42. The first-order valence-corrected chi connectivity index (χ1v) is 13.6. The number of amidine groups is 1. The molecule has 0 radical (unpaired) electrons. The lowest BCUT2D eigenvalue weighted by atomic mass is 10.1. The molecule has 1 saturated heterocycles. The van der Waals surface area contributed by atoms with Crippen LogP contribution >= 0.6 is 56.9 Å². The average molecular weight is 726 g/mol. The van der Waals surface area contributed by atoms with Gasteiger partial charge in [-0.25, -0.2) is 9.79 Å². The fourth-order valence-electron chi connectivity index (χ4n) is 3.29. The number of likely N-dealkylation sites (N-methyl/N-ethyl adjacent to an activating group) is 1. The Morgan fingerprint density at radius 3 is 2.44 bits per heavy atom. The summed E-state index contributed by atoms with van der Waals surface area (Å²) in [5.41, 5.74) is 2.60. The molecule has 0 spiro atoms. The van der Waals surface area contributed by atoms with Gasteiger partial charge in [-0.3, -0.25) is 9.69 Å². The summed E-state index contributed by atoms with van der Waals surface area (Å²) >= 11 is 5.72. The summed E-state index contributed by atoms with van der Waals surface area (Å²) in [7, 11) is 3.25. The SMILES string of the molecule is COc1cc(/C=C2\SC(=Nc3ccc(C(=O)O)cc3)N(C)C2=O)cc(I)c1OCc1ccc(I)cc1. The Balaban J connectivity index is 1.55. The molecule has 3 aromatic rings. The van der Waals surface area contributed by atoms with Crippen LogP contribution in [0, 0.1) is 7.14 Å². The lowest BCUT2D eigenvalue weighted by Gasteiger charge is -2.14. The Morgan fingerprint density at radius 1 is 1.11 bits per heavy atom. The molecule has 36 heavy (non-hydrogen) atoms. The Labute approximate surface area is 239 Å². The van der Waals surface area contributed by atoms with Gasteiger partial charge in [0.05, 0.1) is 26.8 Å². The van der Waals surface area contributed by atoms with Crippen molar-refractivity contribution in [1.82, 2.24) is 4.90 Å². The van der Waals surface area contributed by atoms with E-state index in [0.717, 1.165) is 18.3 Å². The first kappa shape index (κ1) is 26.5. The number of hydrogen-bond acceptors (Lipinski definition) is 6. The van der Waals surface area contributed by atoms with Crippen LogP contribution in [-0.4, -0.2) is 41.2 Å². The molecule has 1 aliphatic heterocycles. The molecule has 1 N–H and O–H groups in total. The van der Waals surface area contributed by atoms with Crippen LogP contribution in [0.15, 0.2) is 70.6 Å². The van der Waals surface area contributed by atoms with Crippen LogP contribution in [0.4, 0.5) is 5.69 Å². The van der Waals surface area contributed by atoms with Gasteiger partial charge >= 0.3 is 5.97 Å². The number of carbonyl (C=O) groups excluding carboxylic acids is 1. The van der Waals surface area contributed by atoms with E-state index >= 15 is 0 Å². The largest absolute Gasteiger partial charge is 0.493 e. The van der Waals surface area contributed by atoms with Crippen molar-refractivity contribution in [1.29, 1.82) is 0 Å². The second-order valence-corrected chi connectivity index (χ2v) is 11.1. The molecule has 10 heteroatoms. The summed E-state index contributed by atoms with van der Waals surface area (Å²) in [5.74, 6) is 0.0519. The van der Waals surface area contributed by atoms with E-state index in [4.69, 9.17) is 14.6 Å². The summed E-state index contributed by atoms with van der Waals surface area (Å²) in [6.07, 6.45) is 1.80. The number of methoxy groups -OCH3 is 1. The van der Waals surface area contributed by atoms with E-state index in [1.807, 2.05) is 36.4 Å². The number of rotatable bonds is 7.